The molecule has 5 rings (SSSR count). The van der Waals surface area contributed by atoms with Crippen molar-refractivity contribution in [3.8, 4) is 17.2 Å². The Labute approximate surface area is 259 Å². The first-order valence-electron chi connectivity index (χ1n) is 14.2. The van der Waals surface area contributed by atoms with Crippen LogP contribution in [0.25, 0.3) is 11.8 Å². The quantitative estimate of drug-likeness (QED) is 0.226. The second-order valence-corrected chi connectivity index (χ2v) is 11.5. The van der Waals surface area contributed by atoms with E-state index in [1.807, 2.05) is 76.2 Å². The first-order chi connectivity index (χ1) is 20.7. The lowest BCUT2D eigenvalue weighted by atomic mass is 9.95. The zero-order chi connectivity index (χ0) is 30.8. The highest BCUT2D eigenvalue weighted by Gasteiger charge is 2.34. The minimum Gasteiger partial charge on any atom is -0.490 e. The van der Waals surface area contributed by atoms with Crippen molar-refractivity contribution < 1.29 is 19.0 Å². The number of aryl methyl sites for hydroxylation is 1. The Bertz CT molecular complexity index is 1900. The minimum absolute atomic E-state index is 0.198. The van der Waals surface area contributed by atoms with Crippen LogP contribution < -0.4 is 24.4 Å². The van der Waals surface area contributed by atoms with E-state index in [2.05, 4.69) is 10.6 Å². The van der Waals surface area contributed by atoms with Gasteiger partial charge in [-0.3, -0.25) is 9.36 Å². The van der Waals surface area contributed by atoms with Gasteiger partial charge in [0, 0.05) is 22.1 Å². The minimum atomic E-state index is -0.756. The van der Waals surface area contributed by atoms with Crippen LogP contribution in [0.1, 0.15) is 56.3 Å². The predicted octanol–water partition coefficient (Wildman–Crippen LogP) is 5.66. The van der Waals surface area contributed by atoms with E-state index in [1.54, 1.807) is 18.4 Å². The molecule has 0 saturated carbocycles. The van der Waals surface area contributed by atoms with Crippen LogP contribution in [0, 0.1) is 13.8 Å². The molecule has 1 aliphatic rings. The number of thiazole rings is 1. The summed E-state index contributed by atoms with van der Waals surface area (Å²) in [5.41, 5.74) is 5.17. The van der Waals surface area contributed by atoms with Crippen LogP contribution in [0.15, 0.2) is 69.6 Å². The molecule has 0 fully saturated rings. The summed E-state index contributed by atoms with van der Waals surface area (Å²) < 4.78 is 21.3. The van der Waals surface area contributed by atoms with Crippen molar-refractivity contribution in [1.82, 2.24) is 9.13 Å². The van der Waals surface area contributed by atoms with Gasteiger partial charge in [-0.1, -0.05) is 29.0 Å². The number of halogens is 1. The Balaban J connectivity index is 1.69. The van der Waals surface area contributed by atoms with Crippen LogP contribution in [0.2, 0.25) is 5.02 Å². The average Bonchev–Trinajstić information content (AvgIpc) is 3.43. The molecule has 0 spiro atoms. The third-order valence-electron chi connectivity index (χ3n) is 7.24. The van der Waals surface area contributed by atoms with E-state index in [0.717, 1.165) is 22.6 Å². The average molecular weight is 620 g/mol. The fourth-order valence-electron chi connectivity index (χ4n) is 5.41. The highest BCUT2D eigenvalue weighted by molar-refractivity contribution is 7.07. The molecular weight excluding hydrogens is 586 g/mol. The second kappa shape index (κ2) is 12.7. The molecule has 0 radical (unpaired) electrons. The van der Waals surface area contributed by atoms with Crippen molar-refractivity contribution in [3.05, 3.63) is 107 Å². The number of benzene rings is 2. The van der Waals surface area contributed by atoms with Crippen molar-refractivity contribution >= 4 is 35.0 Å². The van der Waals surface area contributed by atoms with Crippen molar-refractivity contribution in [2.24, 2.45) is 4.99 Å². The summed E-state index contributed by atoms with van der Waals surface area (Å²) in [6.45, 7) is 12.5. The van der Waals surface area contributed by atoms with Crippen molar-refractivity contribution in [2.75, 3.05) is 19.8 Å². The van der Waals surface area contributed by atoms with Crippen LogP contribution in [0.3, 0.4) is 0 Å². The molecule has 4 aromatic rings. The summed E-state index contributed by atoms with van der Waals surface area (Å²) in [6.07, 6.45) is 1.89. The summed E-state index contributed by atoms with van der Waals surface area (Å²) in [7, 11) is 0. The van der Waals surface area contributed by atoms with E-state index >= 15 is 0 Å². The summed E-state index contributed by atoms with van der Waals surface area (Å²) in [5, 5.41) is 0.667. The highest BCUT2D eigenvalue weighted by Crippen LogP contribution is 2.36. The zero-order valence-electron chi connectivity index (χ0n) is 25.1. The molecule has 8 nitrogen and oxygen atoms in total. The van der Waals surface area contributed by atoms with Gasteiger partial charge in [0.1, 0.15) is 0 Å². The van der Waals surface area contributed by atoms with E-state index in [9.17, 15) is 9.59 Å². The number of aromatic nitrogens is 2. The number of nitrogens with zero attached hydrogens (tertiary/aromatic N) is 3. The van der Waals surface area contributed by atoms with E-state index in [4.69, 9.17) is 30.8 Å². The SMILES string of the molecule is CCOC(=O)C1=C(C)N=c2s/c(=C\c3cc(C)n(-c4ccc(Cl)cc4)c3C)c(=O)n2[C@H]1c1ccc(OCC)c(OCC)c1. The van der Waals surface area contributed by atoms with Gasteiger partial charge in [0.05, 0.1) is 41.7 Å². The molecule has 43 heavy (non-hydrogen) atoms. The molecular formula is C33H34ClN3O5S. The summed E-state index contributed by atoms with van der Waals surface area (Å²) in [5.74, 6) is 0.618. The number of carbonyl (C=O) groups is 1. The first-order valence-corrected chi connectivity index (χ1v) is 15.4. The standard InChI is InChI=1S/C33H34ClN3O5S/c1-7-40-26-15-10-22(17-27(26)41-8-2)30-29(32(39)42-9-3)20(5)35-33-37(30)31(38)28(43-33)18-23-16-19(4)36(21(23)6)25-13-11-24(34)12-14-25/h10-18,30H,7-9H2,1-6H3/b28-18-/t30-/m0/s1. The zero-order valence-corrected chi connectivity index (χ0v) is 26.6. The second-order valence-electron chi connectivity index (χ2n) is 10.0. The lowest BCUT2D eigenvalue weighted by Crippen LogP contribution is -2.40. The largest absolute Gasteiger partial charge is 0.490 e. The van der Waals surface area contributed by atoms with Crippen LogP contribution in [0.4, 0.5) is 0 Å². The highest BCUT2D eigenvalue weighted by atomic mass is 35.5. The predicted molar refractivity (Wildman–Crippen MR) is 169 cm³/mol. The topological polar surface area (TPSA) is 84.1 Å². The number of fused-ring (bicyclic) bond motifs is 1. The summed E-state index contributed by atoms with van der Waals surface area (Å²) in [4.78, 5) is 32.7. The fourth-order valence-corrected chi connectivity index (χ4v) is 6.57. The summed E-state index contributed by atoms with van der Waals surface area (Å²) in [6, 6.07) is 14.4. The van der Waals surface area contributed by atoms with Gasteiger partial charge >= 0.3 is 5.97 Å². The lowest BCUT2D eigenvalue weighted by molar-refractivity contribution is -0.139. The number of esters is 1. The van der Waals surface area contributed by atoms with Gasteiger partial charge in [-0.15, -0.1) is 0 Å². The number of hydrogen-bond donors (Lipinski definition) is 0. The molecule has 0 bridgehead atoms. The molecule has 1 atom stereocenters. The van der Waals surface area contributed by atoms with Gasteiger partial charge in [0.25, 0.3) is 5.56 Å². The van der Waals surface area contributed by atoms with Gasteiger partial charge < -0.3 is 18.8 Å². The molecule has 3 heterocycles. The number of hydrogen-bond acceptors (Lipinski definition) is 7. The molecule has 1 aliphatic heterocycles. The van der Waals surface area contributed by atoms with Crippen LogP contribution in [-0.4, -0.2) is 34.9 Å². The normalized spacial score (nSPS) is 14.9. The maximum Gasteiger partial charge on any atom is 0.338 e. The molecule has 0 saturated heterocycles. The van der Waals surface area contributed by atoms with E-state index in [0.29, 0.717) is 55.9 Å². The smallest absolute Gasteiger partial charge is 0.338 e. The maximum atomic E-state index is 14.2. The van der Waals surface area contributed by atoms with Gasteiger partial charge in [-0.25, -0.2) is 9.79 Å². The molecule has 0 unspecified atom stereocenters. The Morgan fingerprint density at radius 1 is 0.977 bits per heavy atom. The number of carbonyl (C=O) groups excluding carboxylic acids is 1. The molecule has 2 aromatic heterocycles. The van der Waals surface area contributed by atoms with E-state index in [1.165, 1.54) is 11.3 Å². The fraction of sp³-hybridized carbons (Fsp3) is 0.303. The molecule has 0 aliphatic carbocycles. The van der Waals surface area contributed by atoms with Gasteiger partial charge in [0.2, 0.25) is 0 Å². The third kappa shape index (κ3) is 5.79. The van der Waals surface area contributed by atoms with E-state index < -0.39 is 12.0 Å². The molecule has 2 aromatic carbocycles. The Morgan fingerprint density at radius 3 is 2.35 bits per heavy atom. The van der Waals surface area contributed by atoms with Crippen molar-refractivity contribution in [3.63, 3.8) is 0 Å². The Kier molecular flexibility index (Phi) is 8.94. The summed E-state index contributed by atoms with van der Waals surface area (Å²) >= 11 is 7.41. The molecule has 224 valence electrons. The van der Waals surface area contributed by atoms with Crippen LogP contribution >= 0.6 is 22.9 Å². The third-order valence-corrected chi connectivity index (χ3v) is 8.48. The molecule has 10 heteroatoms. The monoisotopic (exact) mass is 619 g/mol. The van der Waals surface area contributed by atoms with Gasteiger partial charge in [-0.05, 0) is 101 Å². The van der Waals surface area contributed by atoms with Crippen LogP contribution in [0.5, 0.6) is 11.5 Å². The van der Waals surface area contributed by atoms with Crippen LogP contribution in [-0.2, 0) is 9.53 Å². The first kappa shape index (κ1) is 30.4. The van der Waals surface area contributed by atoms with Gasteiger partial charge in [-0.2, -0.15) is 0 Å². The Hall–Kier alpha value is -4.08. The van der Waals surface area contributed by atoms with E-state index in [-0.39, 0.29) is 12.2 Å². The number of allylic oxidation sites excluding steroid dienone is 1. The number of ether oxygens (including phenoxy) is 3. The molecule has 0 N–H and O–H groups in total. The maximum absolute atomic E-state index is 14.2. The molecule has 0 amide bonds. The van der Waals surface area contributed by atoms with Crippen molar-refractivity contribution in [1.29, 1.82) is 0 Å². The van der Waals surface area contributed by atoms with Gasteiger partial charge in [0.15, 0.2) is 16.3 Å². The number of rotatable bonds is 9. The Morgan fingerprint density at radius 2 is 1.67 bits per heavy atom. The lowest BCUT2D eigenvalue weighted by Gasteiger charge is -2.25. The van der Waals surface area contributed by atoms with Crippen molar-refractivity contribution in [2.45, 2.75) is 47.6 Å².